The average molecular weight is 326 g/mol. The van der Waals surface area contributed by atoms with Crippen LogP contribution in [-0.2, 0) is 0 Å². The van der Waals surface area contributed by atoms with Crippen LogP contribution in [0.15, 0.2) is 42.5 Å². The van der Waals surface area contributed by atoms with Gasteiger partial charge in [-0.2, -0.15) is 0 Å². The molecule has 0 saturated heterocycles. The quantitative estimate of drug-likeness (QED) is 0.630. The summed E-state index contributed by atoms with van der Waals surface area (Å²) in [4.78, 5) is 12.3. The van der Waals surface area contributed by atoms with Gasteiger partial charge in [0, 0.05) is 5.56 Å². The maximum atomic E-state index is 12.3. The third-order valence-electron chi connectivity index (χ3n) is 3.79. The Morgan fingerprint density at radius 2 is 1.58 bits per heavy atom. The molecule has 0 radical (unpaired) electrons. The zero-order valence-electron chi connectivity index (χ0n) is 14.4. The third kappa shape index (κ3) is 3.96. The molecule has 126 valence electrons. The molecule has 1 N–H and O–H groups in total. The molecule has 2 aromatic carbocycles. The van der Waals surface area contributed by atoms with Gasteiger partial charge in [-0.1, -0.05) is 44.2 Å². The van der Waals surface area contributed by atoms with Gasteiger partial charge in [-0.25, -0.2) is 0 Å². The number of carbonyl (C=O) groups is 1. The molecule has 0 atom stereocenters. The Morgan fingerprint density at radius 1 is 1.04 bits per heavy atom. The number of rotatable bonds is 6. The molecule has 0 fully saturated rings. The van der Waals surface area contributed by atoms with Gasteiger partial charge in [0.1, 0.15) is 0 Å². The van der Waals surface area contributed by atoms with Gasteiger partial charge in [-0.15, -0.1) is 0 Å². The molecule has 0 aliphatic heterocycles. The highest BCUT2D eigenvalue weighted by atomic mass is 16.5. The van der Waals surface area contributed by atoms with E-state index in [0.29, 0.717) is 28.5 Å². The van der Waals surface area contributed by atoms with Crippen molar-refractivity contribution in [2.24, 2.45) is 0 Å². The highest BCUT2D eigenvalue weighted by molar-refractivity contribution is 6.06. The monoisotopic (exact) mass is 326 g/mol. The minimum atomic E-state index is -0.0867. The Bertz CT molecular complexity index is 718. The molecule has 0 aliphatic carbocycles. The van der Waals surface area contributed by atoms with Crippen molar-refractivity contribution in [3.63, 3.8) is 0 Å². The zero-order chi connectivity index (χ0) is 17.7. The molecule has 0 spiro atoms. The molecular formula is C20H22O4. The Hall–Kier alpha value is -2.75. The van der Waals surface area contributed by atoms with Crippen molar-refractivity contribution in [3.8, 4) is 17.2 Å². The summed E-state index contributed by atoms with van der Waals surface area (Å²) in [6, 6.07) is 10.9. The van der Waals surface area contributed by atoms with Crippen LogP contribution in [-0.4, -0.2) is 25.1 Å². The summed E-state index contributed by atoms with van der Waals surface area (Å²) in [5, 5.41) is 9.90. The number of phenols is 1. The second-order valence-electron chi connectivity index (χ2n) is 5.75. The van der Waals surface area contributed by atoms with Gasteiger partial charge in [-0.05, 0) is 35.3 Å². The van der Waals surface area contributed by atoms with Gasteiger partial charge < -0.3 is 14.6 Å². The molecule has 4 nitrogen and oxygen atoms in total. The summed E-state index contributed by atoms with van der Waals surface area (Å²) in [7, 11) is 2.92. The lowest BCUT2D eigenvalue weighted by molar-refractivity contribution is 0.104. The molecule has 0 heterocycles. The van der Waals surface area contributed by atoms with Gasteiger partial charge in [-0.3, -0.25) is 4.79 Å². The van der Waals surface area contributed by atoms with E-state index in [1.165, 1.54) is 25.9 Å². The van der Waals surface area contributed by atoms with E-state index in [-0.39, 0.29) is 11.5 Å². The van der Waals surface area contributed by atoms with Crippen molar-refractivity contribution >= 4 is 11.9 Å². The Morgan fingerprint density at radius 3 is 2.04 bits per heavy atom. The van der Waals surface area contributed by atoms with Crippen LogP contribution < -0.4 is 9.47 Å². The summed E-state index contributed by atoms with van der Waals surface area (Å²) >= 11 is 0. The summed E-state index contributed by atoms with van der Waals surface area (Å²) in [5.41, 5.74) is 2.53. The number of carbonyl (C=O) groups excluding carboxylic acids is 1. The fraction of sp³-hybridized carbons (Fsp3) is 0.250. The fourth-order valence-corrected chi connectivity index (χ4v) is 2.31. The first-order valence-electron chi connectivity index (χ1n) is 7.73. The van der Waals surface area contributed by atoms with Crippen molar-refractivity contribution in [1.82, 2.24) is 0 Å². The number of ketones is 1. The highest BCUT2D eigenvalue weighted by Gasteiger charge is 2.10. The molecule has 0 aliphatic rings. The minimum absolute atomic E-state index is 0.0623. The second-order valence-corrected chi connectivity index (χ2v) is 5.75. The number of hydrogen-bond donors (Lipinski definition) is 1. The lowest BCUT2D eigenvalue weighted by atomic mass is 10.0. The second kappa shape index (κ2) is 7.68. The number of methoxy groups -OCH3 is 2. The Kier molecular flexibility index (Phi) is 5.64. The van der Waals surface area contributed by atoms with E-state index in [1.807, 2.05) is 24.3 Å². The summed E-state index contributed by atoms with van der Waals surface area (Å²) in [6.45, 7) is 4.23. The van der Waals surface area contributed by atoms with E-state index in [1.54, 1.807) is 18.2 Å². The normalized spacial score (nSPS) is 11.0. The van der Waals surface area contributed by atoms with Crippen LogP contribution in [0.1, 0.15) is 41.3 Å². The van der Waals surface area contributed by atoms with Gasteiger partial charge in [0.05, 0.1) is 14.2 Å². The predicted molar refractivity (Wildman–Crippen MR) is 95.1 cm³/mol. The molecule has 0 amide bonds. The van der Waals surface area contributed by atoms with E-state index < -0.39 is 0 Å². The molecule has 0 unspecified atom stereocenters. The van der Waals surface area contributed by atoms with Crippen LogP contribution in [0, 0.1) is 0 Å². The van der Waals surface area contributed by atoms with E-state index in [0.717, 1.165) is 0 Å². The Labute approximate surface area is 142 Å². The first-order valence-corrected chi connectivity index (χ1v) is 7.73. The van der Waals surface area contributed by atoms with Crippen molar-refractivity contribution in [2.45, 2.75) is 19.8 Å². The van der Waals surface area contributed by atoms with Crippen LogP contribution in [0.2, 0.25) is 0 Å². The first kappa shape index (κ1) is 17.6. The lowest BCUT2D eigenvalue weighted by Crippen LogP contribution is -1.96. The van der Waals surface area contributed by atoms with Crippen molar-refractivity contribution in [2.75, 3.05) is 14.2 Å². The van der Waals surface area contributed by atoms with Crippen LogP contribution in [0.25, 0.3) is 6.08 Å². The van der Waals surface area contributed by atoms with Crippen LogP contribution in [0.3, 0.4) is 0 Å². The van der Waals surface area contributed by atoms with Gasteiger partial charge >= 0.3 is 0 Å². The van der Waals surface area contributed by atoms with Crippen molar-refractivity contribution < 1.29 is 19.4 Å². The molecule has 24 heavy (non-hydrogen) atoms. The van der Waals surface area contributed by atoms with Crippen molar-refractivity contribution in [3.05, 3.63) is 59.2 Å². The minimum Gasteiger partial charge on any atom is -0.502 e. The number of phenolic OH excluding ortho intramolecular Hbond substituents is 1. The van der Waals surface area contributed by atoms with Crippen molar-refractivity contribution in [1.29, 1.82) is 0 Å². The topological polar surface area (TPSA) is 55.8 Å². The average Bonchev–Trinajstić information content (AvgIpc) is 2.60. The fourth-order valence-electron chi connectivity index (χ4n) is 2.31. The Balaban J connectivity index is 2.22. The standard InChI is InChI=1S/C20H22O4/c1-13(2)15-6-8-16(9-7-15)17(21)10-5-14-11-18(23-3)20(22)19(12-14)24-4/h5-13,22H,1-4H3/b10-5+. The van der Waals surface area contributed by atoms with E-state index in [4.69, 9.17) is 9.47 Å². The molecule has 0 saturated carbocycles. The smallest absolute Gasteiger partial charge is 0.200 e. The number of ether oxygens (including phenoxy) is 2. The third-order valence-corrected chi connectivity index (χ3v) is 3.79. The largest absolute Gasteiger partial charge is 0.502 e. The number of hydrogen-bond acceptors (Lipinski definition) is 4. The summed E-state index contributed by atoms with van der Waals surface area (Å²) in [5.74, 6) is 0.871. The molecule has 0 bridgehead atoms. The maximum Gasteiger partial charge on any atom is 0.200 e. The SMILES string of the molecule is COc1cc(/C=C/C(=O)c2ccc(C(C)C)cc2)cc(OC)c1O. The summed E-state index contributed by atoms with van der Waals surface area (Å²) in [6.07, 6.45) is 3.17. The van der Waals surface area contributed by atoms with E-state index in [9.17, 15) is 9.90 Å². The van der Waals surface area contributed by atoms with Gasteiger partial charge in [0.25, 0.3) is 0 Å². The van der Waals surface area contributed by atoms with Gasteiger partial charge in [0.2, 0.25) is 5.75 Å². The van der Waals surface area contributed by atoms with E-state index in [2.05, 4.69) is 13.8 Å². The first-order chi connectivity index (χ1) is 11.5. The molecular weight excluding hydrogens is 304 g/mol. The van der Waals surface area contributed by atoms with E-state index >= 15 is 0 Å². The maximum absolute atomic E-state index is 12.3. The van der Waals surface area contributed by atoms with Gasteiger partial charge in [0.15, 0.2) is 17.3 Å². The zero-order valence-corrected chi connectivity index (χ0v) is 14.4. The van der Waals surface area contributed by atoms with Crippen LogP contribution in [0.4, 0.5) is 0 Å². The number of benzene rings is 2. The van der Waals surface area contributed by atoms with Crippen LogP contribution in [0.5, 0.6) is 17.2 Å². The number of aromatic hydroxyl groups is 1. The molecule has 4 heteroatoms. The lowest BCUT2D eigenvalue weighted by Gasteiger charge is -2.09. The van der Waals surface area contributed by atoms with Crippen LogP contribution >= 0.6 is 0 Å². The molecule has 2 aromatic rings. The number of allylic oxidation sites excluding steroid dienone is 1. The molecule has 0 aromatic heterocycles. The predicted octanol–water partition coefficient (Wildman–Crippen LogP) is 4.43. The molecule has 2 rings (SSSR count). The summed E-state index contributed by atoms with van der Waals surface area (Å²) < 4.78 is 10.2. The highest BCUT2D eigenvalue weighted by Crippen LogP contribution is 2.37.